The Balaban J connectivity index is 1.70. The van der Waals surface area contributed by atoms with E-state index in [0.29, 0.717) is 11.6 Å². The number of carbonyl (C=O) groups excluding carboxylic acids is 1. The van der Waals surface area contributed by atoms with Crippen molar-refractivity contribution in [3.8, 4) is 0 Å². The van der Waals surface area contributed by atoms with Crippen LogP contribution in [0.15, 0.2) is 30.3 Å². The lowest BCUT2D eigenvalue weighted by Gasteiger charge is -2.13. The molecule has 1 amide bonds. The number of rotatable bonds is 4. The number of hydrogen-bond acceptors (Lipinski definition) is 4. The average molecular weight is 327 g/mol. The van der Waals surface area contributed by atoms with Crippen LogP contribution in [-0.2, 0) is 11.2 Å². The second-order valence-electron chi connectivity index (χ2n) is 5.80. The summed E-state index contributed by atoms with van der Waals surface area (Å²) in [5.41, 5.74) is 2.60. The highest BCUT2D eigenvalue weighted by Crippen LogP contribution is 2.13. The number of aryl methyl sites for hydroxylation is 2. The molecule has 0 aliphatic rings. The van der Waals surface area contributed by atoms with Gasteiger partial charge in [0.15, 0.2) is 5.82 Å². The van der Waals surface area contributed by atoms with Gasteiger partial charge in [0.1, 0.15) is 5.82 Å². The Labute approximate surface area is 138 Å². The van der Waals surface area contributed by atoms with Crippen molar-refractivity contribution in [3.63, 3.8) is 0 Å². The van der Waals surface area contributed by atoms with Gasteiger partial charge in [-0.1, -0.05) is 12.1 Å². The van der Waals surface area contributed by atoms with E-state index in [1.165, 1.54) is 12.1 Å². The van der Waals surface area contributed by atoms with Gasteiger partial charge in [0.05, 0.1) is 12.5 Å². The third-order valence-corrected chi connectivity index (χ3v) is 3.73. The molecule has 0 saturated heterocycles. The zero-order valence-electron chi connectivity index (χ0n) is 13.7. The highest BCUT2D eigenvalue weighted by atomic mass is 19.1. The van der Waals surface area contributed by atoms with Crippen molar-refractivity contribution in [3.05, 3.63) is 58.9 Å². The second-order valence-corrected chi connectivity index (χ2v) is 5.80. The smallest absolute Gasteiger partial charge is 0.252 e. The predicted molar refractivity (Wildman–Crippen MR) is 86.9 cm³/mol. The zero-order valence-corrected chi connectivity index (χ0v) is 13.7. The van der Waals surface area contributed by atoms with Crippen LogP contribution in [0.4, 0.5) is 4.39 Å². The molecule has 124 valence electrons. The fourth-order valence-electron chi connectivity index (χ4n) is 2.55. The first kappa shape index (κ1) is 16.0. The number of amides is 1. The van der Waals surface area contributed by atoms with E-state index in [-0.39, 0.29) is 24.2 Å². The summed E-state index contributed by atoms with van der Waals surface area (Å²) in [5, 5.41) is 7.18. The van der Waals surface area contributed by atoms with E-state index in [4.69, 9.17) is 0 Å². The zero-order chi connectivity index (χ0) is 17.3. The van der Waals surface area contributed by atoms with E-state index >= 15 is 0 Å². The van der Waals surface area contributed by atoms with E-state index in [9.17, 15) is 9.18 Å². The molecule has 6 nitrogen and oxygen atoms in total. The van der Waals surface area contributed by atoms with Gasteiger partial charge in [-0.2, -0.15) is 4.98 Å². The van der Waals surface area contributed by atoms with Gasteiger partial charge >= 0.3 is 0 Å². The van der Waals surface area contributed by atoms with Gasteiger partial charge in [-0.25, -0.2) is 13.9 Å². The summed E-state index contributed by atoms with van der Waals surface area (Å²) >= 11 is 0. The molecule has 0 aliphatic heterocycles. The fourth-order valence-corrected chi connectivity index (χ4v) is 2.55. The van der Waals surface area contributed by atoms with Crippen molar-refractivity contribution in [1.29, 1.82) is 0 Å². The van der Waals surface area contributed by atoms with Crippen molar-refractivity contribution in [2.75, 3.05) is 0 Å². The van der Waals surface area contributed by atoms with Gasteiger partial charge in [-0.3, -0.25) is 4.79 Å². The molecule has 3 aromatic rings. The van der Waals surface area contributed by atoms with Gasteiger partial charge in [0.25, 0.3) is 5.78 Å². The number of halogens is 1. The lowest BCUT2D eigenvalue weighted by molar-refractivity contribution is -0.121. The Morgan fingerprint density at radius 2 is 1.96 bits per heavy atom. The summed E-state index contributed by atoms with van der Waals surface area (Å²) < 4.78 is 14.6. The molecule has 3 rings (SSSR count). The van der Waals surface area contributed by atoms with Crippen LogP contribution in [-0.4, -0.2) is 25.5 Å². The number of hydrogen-bond donors (Lipinski definition) is 1. The maximum absolute atomic E-state index is 13.0. The van der Waals surface area contributed by atoms with Crippen molar-refractivity contribution >= 4 is 11.7 Å². The third-order valence-electron chi connectivity index (χ3n) is 3.73. The number of aromatic nitrogens is 4. The van der Waals surface area contributed by atoms with Crippen LogP contribution in [0.2, 0.25) is 0 Å². The molecule has 0 spiro atoms. The Kier molecular flexibility index (Phi) is 4.24. The van der Waals surface area contributed by atoms with E-state index in [0.717, 1.165) is 17.0 Å². The van der Waals surface area contributed by atoms with Crippen LogP contribution in [0, 0.1) is 19.7 Å². The molecular weight excluding hydrogens is 309 g/mol. The quantitative estimate of drug-likeness (QED) is 0.798. The van der Waals surface area contributed by atoms with E-state index in [1.54, 1.807) is 16.6 Å². The van der Waals surface area contributed by atoms with Crippen LogP contribution in [0.5, 0.6) is 0 Å². The second kappa shape index (κ2) is 6.35. The molecule has 0 fully saturated rings. The number of fused-ring (bicyclic) bond motifs is 1. The third kappa shape index (κ3) is 3.40. The number of benzene rings is 1. The molecule has 1 N–H and O–H groups in total. The van der Waals surface area contributed by atoms with E-state index in [2.05, 4.69) is 20.4 Å². The lowest BCUT2D eigenvalue weighted by Crippen LogP contribution is -2.28. The van der Waals surface area contributed by atoms with Crippen molar-refractivity contribution in [2.24, 2.45) is 0 Å². The van der Waals surface area contributed by atoms with Crippen LogP contribution in [0.1, 0.15) is 35.7 Å². The number of carbonyl (C=O) groups is 1. The minimum atomic E-state index is -0.302. The molecule has 2 heterocycles. The molecule has 0 bridgehead atoms. The Hall–Kier alpha value is -2.83. The SMILES string of the molecule is Cc1cc(C)n2nc(CC(=O)NC(C)c3ccc(F)cc3)nc2n1. The minimum Gasteiger partial charge on any atom is -0.349 e. The normalized spacial score (nSPS) is 12.3. The molecule has 1 aromatic carbocycles. The monoisotopic (exact) mass is 327 g/mol. The first-order valence-corrected chi connectivity index (χ1v) is 7.67. The fraction of sp³-hybridized carbons (Fsp3) is 0.294. The standard InChI is InChI=1S/C17H18FN5O/c1-10-8-11(2)23-17(19-10)21-15(22-23)9-16(24)20-12(3)13-4-6-14(18)7-5-13/h4-8,12H,9H2,1-3H3,(H,20,24). The molecule has 24 heavy (non-hydrogen) atoms. The van der Waals surface area contributed by atoms with Gasteiger partial charge in [-0.05, 0) is 44.5 Å². The Bertz CT molecular complexity index is 888. The molecular formula is C17H18FN5O. The summed E-state index contributed by atoms with van der Waals surface area (Å²) in [7, 11) is 0. The first-order valence-electron chi connectivity index (χ1n) is 7.67. The van der Waals surface area contributed by atoms with E-state index in [1.807, 2.05) is 26.8 Å². The van der Waals surface area contributed by atoms with Crippen LogP contribution < -0.4 is 5.32 Å². The highest BCUT2D eigenvalue weighted by Gasteiger charge is 2.14. The van der Waals surface area contributed by atoms with Gasteiger partial charge < -0.3 is 5.32 Å². The Morgan fingerprint density at radius 3 is 2.67 bits per heavy atom. The maximum atomic E-state index is 13.0. The predicted octanol–water partition coefficient (Wildman–Crippen LogP) is 2.30. The summed E-state index contributed by atoms with van der Waals surface area (Å²) in [6.45, 7) is 5.65. The molecule has 2 aromatic heterocycles. The van der Waals surface area contributed by atoms with Crippen molar-refractivity contribution in [1.82, 2.24) is 24.9 Å². The van der Waals surface area contributed by atoms with Crippen LogP contribution in [0.25, 0.3) is 5.78 Å². The molecule has 1 atom stereocenters. The molecule has 0 aliphatic carbocycles. The average Bonchev–Trinajstić information content (AvgIpc) is 2.90. The van der Waals surface area contributed by atoms with Crippen LogP contribution >= 0.6 is 0 Å². The number of nitrogens with zero attached hydrogens (tertiary/aromatic N) is 4. The molecule has 1 unspecified atom stereocenters. The van der Waals surface area contributed by atoms with E-state index < -0.39 is 0 Å². The van der Waals surface area contributed by atoms with Gasteiger partial charge in [0.2, 0.25) is 5.91 Å². The van der Waals surface area contributed by atoms with Crippen molar-refractivity contribution in [2.45, 2.75) is 33.2 Å². The Morgan fingerprint density at radius 1 is 1.25 bits per heavy atom. The first-order chi connectivity index (χ1) is 11.4. The molecule has 7 heteroatoms. The summed E-state index contributed by atoms with van der Waals surface area (Å²) in [4.78, 5) is 20.8. The summed E-state index contributed by atoms with van der Waals surface area (Å²) in [6, 6.07) is 7.73. The van der Waals surface area contributed by atoms with Crippen LogP contribution in [0.3, 0.4) is 0 Å². The highest BCUT2D eigenvalue weighted by molar-refractivity contribution is 5.78. The summed E-state index contributed by atoms with van der Waals surface area (Å²) in [5.74, 6) is 0.406. The van der Waals surface area contributed by atoms with Crippen molar-refractivity contribution < 1.29 is 9.18 Å². The lowest BCUT2D eigenvalue weighted by atomic mass is 10.1. The molecule has 0 radical (unpaired) electrons. The minimum absolute atomic E-state index is 0.0629. The topological polar surface area (TPSA) is 72.2 Å². The largest absolute Gasteiger partial charge is 0.349 e. The molecule has 0 saturated carbocycles. The van der Waals surface area contributed by atoms with Gasteiger partial charge in [-0.15, -0.1) is 5.10 Å². The van der Waals surface area contributed by atoms with Gasteiger partial charge in [0, 0.05) is 11.4 Å². The number of nitrogens with one attached hydrogen (secondary N) is 1. The summed E-state index contributed by atoms with van der Waals surface area (Å²) in [6.07, 6.45) is 0.0629. The maximum Gasteiger partial charge on any atom is 0.252 e.